The fourth-order valence-corrected chi connectivity index (χ4v) is 4.33. The van der Waals surface area contributed by atoms with E-state index in [1.54, 1.807) is 6.92 Å². The summed E-state index contributed by atoms with van der Waals surface area (Å²) in [5.74, 6) is -0.0231. The van der Waals surface area contributed by atoms with Crippen LogP contribution in [0.1, 0.15) is 32.8 Å². The Bertz CT molecular complexity index is 1540. The molecule has 266 valence electrons. The van der Waals surface area contributed by atoms with E-state index in [1.165, 1.54) is 24.9 Å². The monoisotopic (exact) mass is 743 g/mol. The first-order valence-electron chi connectivity index (χ1n) is 13.9. The van der Waals surface area contributed by atoms with Crippen LogP contribution >= 0.6 is 30.6 Å². The number of anilines is 2. The van der Waals surface area contributed by atoms with E-state index in [-0.39, 0.29) is 52.4 Å². The quantitative estimate of drug-likeness (QED) is 0.0712. The van der Waals surface area contributed by atoms with Gasteiger partial charge in [-0.1, -0.05) is 11.6 Å². The molecule has 1 heterocycles. The molecule has 2 aromatic carbocycles. The summed E-state index contributed by atoms with van der Waals surface area (Å²) >= 11 is 11.5. The van der Waals surface area contributed by atoms with Crippen molar-refractivity contribution in [3.05, 3.63) is 62.4 Å². The molecule has 0 fully saturated rings. The summed E-state index contributed by atoms with van der Waals surface area (Å²) in [5.41, 5.74) is 3.94. The molecular weight excluding hydrogens is 709 g/mol. The van der Waals surface area contributed by atoms with Gasteiger partial charge in [-0.2, -0.15) is 28.1 Å². The third kappa shape index (κ3) is 15.8. The van der Waals surface area contributed by atoms with Crippen LogP contribution in [0, 0.1) is 10.1 Å². The number of hydrogen-bond donors (Lipinski definition) is 5. The SMILES string of the molecule is CCNc1nc(Cl)nc(NCC)n1.CCOc1cc(Oc2ccc(C(F)(F)F)cc2Cl)ccc1[N+](=O)[O-].CP(=O)(O)CCC(N)C(=O)O. The fourth-order valence-electron chi connectivity index (χ4n) is 3.19. The zero-order valence-electron chi connectivity index (χ0n) is 26.1. The molecule has 1 aromatic heterocycles. The van der Waals surface area contributed by atoms with Crippen LogP contribution < -0.4 is 25.8 Å². The number of carboxylic acid groups (broad SMARTS) is 1. The maximum absolute atomic E-state index is 12.6. The number of halogens is 5. The lowest BCUT2D eigenvalue weighted by Gasteiger charge is -2.12. The minimum Gasteiger partial charge on any atom is -0.487 e. The molecule has 48 heavy (non-hydrogen) atoms. The second-order valence-electron chi connectivity index (χ2n) is 9.38. The van der Waals surface area contributed by atoms with Crippen LogP contribution in [-0.2, 0) is 15.5 Å². The number of ether oxygens (including phenoxy) is 2. The summed E-state index contributed by atoms with van der Waals surface area (Å²) in [6.45, 7) is 8.48. The van der Waals surface area contributed by atoms with Crippen molar-refractivity contribution < 1.29 is 46.9 Å². The number of hydrogen-bond acceptors (Lipinski definition) is 12. The van der Waals surface area contributed by atoms with Gasteiger partial charge in [-0.3, -0.25) is 19.5 Å². The number of nitro benzene ring substituents is 1. The minimum atomic E-state index is -4.52. The Morgan fingerprint density at radius 1 is 1.06 bits per heavy atom. The Labute approximate surface area is 283 Å². The van der Waals surface area contributed by atoms with E-state index in [0.29, 0.717) is 11.9 Å². The highest BCUT2D eigenvalue weighted by atomic mass is 35.5. The Hall–Kier alpha value is -3.96. The average Bonchev–Trinajstić information content (AvgIpc) is 2.97. The lowest BCUT2D eigenvalue weighted by Crippen LogP contribution is -2.30. The summed E-state index contributed by atoms with van der Waals surface area (Å²) in [6.07, 6.45) is -4.52. The highest BCUT2D eigenvalue weighted by molar-refractivity contribution is 7.57. The van der Waals surface area contributed by atoms with Gasteiger partial charge >= 0.3 is 17.8 Å². The minimum absolute atomic E-state index is 0.0111. The summed E-state index contributed by atoms with van der Waals surface area (Å²) in [7, 11) is -3.10. The molecule has 0 aliphatic heterocycles. The molecule has 6 N–H and O–H groups in total. The number of nitro groups is 1. The molecule has 0 aliphatic carbocycles. The van der Waals surface area contributed by atoms with Gasteiger partial charge < -0.3 is 35.8 Å². The number of carboxylic acids is 1. The average molecular weight is 744 g/mol. The number of aromatic nitrogens is 3. The summed E-state index contributed by atoms with van der Waals surface area (Å²) in [6, 6.07) is 5.37. The highest BCUT2D eigenvalue weighted by Crippen LogP contribution is 2.38. The first-order valence-corrected chi connectivity index (χ1v) is 17.0. The summed E-state index contributed by atoms with van der Waals surface area (Å²) in [5, 5.41) is 25.1. The molecule has 0 amide bonds. The molecule has 3 aromatic rings. The molecular formula is C27H35Cl2F3N7O8P. The fraction of sp³-hybridized carbons (Fsp3) is 0.407. The molecule has 15 nitrogen and oxygen atoms in total. The Morgan fingerprint density at radius 2 is 1.65 bits per heavy atom. The van der Waals surface area contributed by atoms with Gasteiger partial charge in [0.15, 0.2) is 7.37 Å². The summed E-state index contributed by atoms with van der Waals surface area (Å²) < 4.78 is 59.0. The molecule has 0 bridgehead atoms. The molecule has 3 rings (SSSR count). The van der Waals surface area contributed by atoms with Crippen molar-refractivity contribution in [3.63, 3.8) is 0 Å². The molecule has 2 unspecified atom stereocenters. The molecule has 0 aliphatic rings. The van der Waals surface area contributed by atoms with Gasteiger partial charge in [0.2, 0.25) is 22.9 Å². The van der Waals surface area contributed by atoms with E-state index < -0.39 is 36.0 Å². The normalized spacial score (nSPS) is 12.6. The number of aliphatic carboxylic acids is 1. The third-order valence-corrected chi connectivity index (χ3v) is 6.92. The smallest absolute Gasteiger partial charge is 0.416 e. The zero-order chi connectivity index (χ0) is 36.7. The lowest BCUT2D eigenvalue weighted by atomic mass is 10.2. The van der Waals surface area contributed by atoms with Crippen LogP contribution in [0.2, 0.25) is 10.3 Å². The predicted octanol–water partition coefficient (Wildman–Crippen LogP) is 6.54. The Morgan fingerprint density at radius 3 is 2.08 bits per heavy atom. The van der Waals surface area contributed by atoms with Crippen molar-refractivity contribution in [2.24, 2.45) is 5.73 Å². The number of carbonyl (C=O) groups is 1. The van der Waals surface area contributed by atoms with Gasteiger partial charge in [0.1, 0.15) is 17.5 Å². The van der Waals surface area contributed by atoms with E-state index >= 15 is 0 Å². The van der Waals surface area contributed by atoms with E-state index in [9.17, 15) is 32.6 Å². The third-order valence-electron chi connectivity index (χ3n) is 5.36. The molecule has 0 saturated heterocycles. The Kier molecular flexibility index (Phi) is 17.3. The molecule has 0 saturated carbocycles. The largest absolute Gasteiger partial charge is 0.487 e. The van der Waals surface area contributed by atoms with Crippen molar-refractivity contribution in [1.82, 2.24) is 15.0 Å². The van der Waals surface area contributed by atoms with Gasteiger partial charge in [-0.25, -0.2) is 0 Å². The maximum atomic E-state index is 12.6. The molecule has 2 atom stereocenters. The number of alkyl halides is 3. The molecule has 21 heteroatoms. The molecule has 0 spiro atoms. The molecule has 0 radical (unpaired) electrons. The first-order chi connectivity index (χ1) is 22.3. The topological polar surface area (TPSA) is 225 Å². The van der Waals surface area contributed by atoms with Gasteiger partial charge in [0.05, 0.1) is 22.1 Å². The van der Waals surface area contributed by atoms with Crippen molar-refractivity contribution in [3.8, 4) is 17.2 Å². The van der Waals surface area contributed by atoms with Gasteiger partial charge in [0, 0.05) is 38.0 Å². The Balaban J connectivity index is 0.000000404. The van der Waals surface area contributed by atoms with Crippen LogP contribution in [0.4, 0.5) is 30.8 Å². The predicted molar refractivity (Wildman–Crippen MR) is 175 cm³/mol. The van der Waals surface area contributed by atoms with Crippen LogP contribution in [0.3, 0.4) is 0 Å². The summed E-state index contributed by atoms with van der Waals surface area (Å²) in [4.78, 5) is 41.1. The zero-order valence-corrected chi connectivity index (χ0v) is 28.5. The van der Waals surface area contributed by atoms with E-state index in [4.69, 9.17) is 48.4 Å². The van der Waals surface area contributed by atoms with Crippen molar-refractivity contribution >= 4 is 54.1 Å². The lowest BCUT2D eigenvalue weighted by molar-refractivity contribution is -0.385. The van der Waals surface area contributed by atoms with Gasteiger partial charge in [0.25, 0.3) is 0 Å². The number of rotatable bonds is 13. The first kappa shape index (κ1) is 42.1. The number of nitrogens with one attached hydrogen (secondary N) is 2. The van der Waals surface area contributed by atoms with E-state index in [0.717, 1.165) is 31.3 Å². The highest BCUT2D eigenvalue weighted by Gasteiger charge is 2.31. The van der Waals surface area contributed by atoms with E-state index in [1.807, 2.05) is 13.8 Å². The number of nitrogens with zero attached hydrogens (tertiary/aromatic N) is 4. The van der Waals surface area contributed by atoms with Crippen LogP contribution in [-0.4, -0.2) is 74.4 Å². The van der Waals surface area contributed by atoms with Crippen LogP contribution in [0.5, 0.6) is 17.2 Å². The number of benzene rings is 2. The van der Waals surface area contributed by atoms with Crippen LogP contribution in [0.25, 0.3) is 0 Å². The maximum Gasteiger partial charge on any atom is 0.416 e. The van der Waals surface area contributed by atoms with Crippen LogP contribution in [0.15, 0.2) is 36.4 Å². The van der Waals surface area contributed by atoms with Crippen molar-refractivity contribution in [1.29, 1.82) is 0 Å². The van der Waals surface area contributed by atoms with Crippen molar-refractivity contribution in [2.75, 3.05) is 43.2 Å². The standard InChI is InChI=1S/C15H11ClF3NO4.C7H12ClN5.C5H12NO4P/c1-2-23-14-8-10(4-5-12(14)20(21)22)24-13-6-3-9(7-11(13)16)15(17,18)19;1-3-9-6-11-5(8)12-7(13-6)10-4-2;1-11(9,10)3-2-4(6)5(7)8/h3-8H,2H2,1H3;3-4H2,1-2H3,(H2,9,10,11,12,13);4H,2-3,6H2,1H3,(H,7,8)(H,9,10). The van der Waals surface area contributed by atoms with Gasteiger partial charge in [-0.15, -0.1) is 0 Å². The van der Waals surface area contributed by atoms with Crippen molar-refractivity contribution in [2.45, 2.75) is 39.4 Å². The second-order valence-corrected chi connectivity index (χ2v) is 12.7. The van der Waals surface area contributed by atoms with Gasteiger partial charge in [-0.05, 0) is 63.1 Å². The van der Waals surface area contributed by atoms with E-state index in [2.05, 4.69) is 25.6 Å². The second kappa shape index (κ2) is 19.8. The number of nitrogens with two attached hydrogens (primary N) is 1.